The van der Waals surface area contributed by atoms with Crippen LogP contribution in [0.1, 0.15) is 11.1 Å². The van der Waals surface area contributed by atoms with Crippen LogP contribution >= 0.6 is 0 Å². The number of benzene rings is 4. The highest BCUT2D eigenvalue weighted by Gasteiger charge is 2.40. The van der Waals surface area contributed by atoms with Crippen LogP contribution in [0.25, 0.3) is 22.4 Å². The number of fused-ring (bicyclic) bond motifs is 4. The van der Waals surface area contributed by atoms with Gasteiger partial charge in [-0.25, -0.2) is 0 Å². The summed E-state index contributed by atoms with van der Waals surface area (Å²) in [4.78, 5) is 4.89. The Morgan fingerprint density at radius 2 is 1.31 bits per heavy atom. The van der Waals surface area contributed by atoms with E-state index in [1.807, 2.05) is 30.5 Å². The van der Waals surface area contributed by atoms with E-state index in [1.165, 1.54) is 16.7 Å². The Hall–Kier alpha value is -4.31. The van der Waals surface area contributed by atoms with Crippen molar-refractivity contribution < 1.29 is 9.47 Å². The van der Waals surface area contributed by atoms with E-state index in [-0.39, 0.29) is 6.71 Å². The first-order valence-corrected chi connectivity index (χ1v) is 11.9. The van der Waals surface area contributed by atoms with Crippen LogP contribution < -0.4 is 25.9 Å². The molecule has 35 heavy (non-hydrogen) atoms. The smallest absolute Gasteiger partial charge is 0.260 e. The number of ether oxygens (including phenoxy) is 2. The molecule has 0 N–H and O–H groups in total. The van der Waals surface area contributed by atoms with Crippen molar-refractivity contribution in [1.82, 2.24) is 4.98 Å². The summed E-state index contributed by atoms with van der Waals surface area (Å²) in [6.07, 6.45) is 1.97. The Bertz CT molecular complexity index is 1590. The van der Waals surface area contributed by atoms with Gasteiger partial charge in [0.05, 0.1) is 5.69 Å². The average molecular weight is 451 g/mol. The Morgan fingerprint density at radius 3 is 2.00 bits per heavy atom. The Kier molecular flexibility index (Phi) is 4.37. The third kappa shape index (κ3) is 3.03. The maximum absolute atomic E-state index is 6.56. The highest BCUT2D eigenvalue weighted by molar-refractivity contribution is 6.98. The molecular formula is C31H22BNO2. The molecule has 5 aromatic rings. The maximum Gasteiger partial charge on any atom is 0.260 e. The molecule has 0 saturated carbocycles. The van der Waals surface area contributed by atoms with E-state index in [0.717, 1.165) is 56.2 Å². The van der Waals surface area contributed by atoms with Crippen LogP contribution in [0, 0.1) is 13.8 Å². The molecule has 3 nitrogen and oxygen atoms in total. The molecule has 0 bridgehead atoms. The first-order chi connectivity index (χ1) is 17.2. The first kappa shape index (κ1) is 20.1. The van der Waals surface area contributed by atoms with E-state index >= 15 is 0 Å². The summed E-state index contributed by atoms with van der Waals surface area (Å²) >= 11 is 0. The topological polar surface area (TPSA) is 31.4 Å². The van der Waals surface area contributed by atoms with Gasteiger partial charge >= 0.3 is 0 Å². The number of hydrogen-bond acceptors (Lipinski definition) is 3. The lowest BCUT2D eigenvalue weighted by Gasteiger charge is -2.33. The molecule has 1 aromatic heterocycles. The quantitative estimate of drug-likeness (QED) is 0.313. The summed E-state index contributed by atoms with van der Waals surface area (Å²) in [6.45, 7) is 4.35. The summed E-state index contributed by atoms with van der Waals surface area (Å²) in [6, 6.07) is 31.3. The summed E-state index contributed by atoms with van der Waals surface area (Å²) in [5.41, 5.74) is 10.1. The van der Waals surface area contributed by atoms with Crippen molar-refractivity contribution in [3.8, 4) is 45.4 Å². The molecule has 0 amide bonds. The number of aromatic nitrogens is 1. The highest BCUT2D eigenvalue weighted by Crippen LogP contribution is 2.40. The summed E-state index contributed by atoms with van der Waals surface area (Å²) in [5, 5.41) is 0. The lowest BCUT2D eigenvalue weighted by Crippen LogP contribution is -2.57. The van der Waals surface area contributed by atoms with Crippen molar-refractivity contribution in [2.75, 3.05) is 0 Å². The zero-order valence-electron chi connectivity index (χ0n) is 19.6. The minimum absolute atomic E-state index is 0.0590. The molecule has 2 aliphatic rings. The van der Waals surface area contributed by atoms with E-state index in [1.54, 1.807) is 0 Å². The average Bonchev–Trinajstić information content (AvgIpc) is 2.89. The minimum Gasteiger partial charge on any atom is -0.458 e. The fraction of sp³-hybridized carbons (Fsp3) is 0.0645. The lowest BCUT2D eigenvalue weighted by molar-refractivity contribution is 0.465. The van der Waals surface area contributed by atoms with Crippen molar-refractivity contribution in [1.29, 1.82) is 0 Å². The molecule has 2 aliphatic heterocycles. The monoisotopic (exact) mass is 451 g/mol. The predicted octanol–water partition coefficient (Wildman–Crippen LogP) is 5.76. The van der Waals surface area contributed by atoms with Crippen molar-refractivity contribution in [2.24, 2.45) is 0 Å². The van der Waals surface area contributed by atoms with Crippen LogP contribution in [0.4, 0.5) is 0 Å². The molecule has 0 radical (unpaired) electrons. The van der Waals surface area contributed by atoms with Crippen LogP contribution in [0.15, 0.2) is 97.2 Å². The van der Waals surface area contributed by atoms with E-state index in [0.29, 0.717) is 0 Å². The standard InChI is InChI=1S/C31H22BNO2/c1-19-8-7-9-20(2)29(19)21-14-16-25(33-18-21)22-15-17-28-30-31(22)35-27-13-6-4-11-24(27)32(30)23-10-3-5-12-26(23)34-28/h3-18H,1-2H3. The van der Waals surface area contributed by atoms with Gasteiger partial charge in [0.15, 0.2) is 0 Å². The van der Waals surface area contributed by atoms with Gasteiger partial charge in [0.2, 0.25) is 0 Å². The highest BCUT2D eigenvalue weighted by atomic mass is 16.5. The number of nitrogens with zero attached hydrogens (tertiary/aromatic N) is 1. The van der Waals surface area contributed by atoms with Gasteiger partial charge < -0.3 is 9.47 Å². The molecule has 4 aromatic carbocycles. The van der Waals surface area contributed by atoms with Gasteiger partial charge in [0.25, 0.3) is 6.71 Å². The van der Waals surface area contributed by atoms with Gasteiger partial charge in [-0.05, 0) is 71.8 Å². The van der Waals surface area contributed by atoms with Crippen LogP contribution in [0.3, 0.4) is 0 Å². The Labute approximate surface area is 205 Å². The van der Waals surface area contributed by atoms with Gasteiger partial charge in [0.1, 0.15) is 23.0 Å². The molecule has 0 atom stereocenters. The van der Waals surface area contributed by atoms with Crippen molar-refractivity contribution in [2.45, 2.75) is 13.8 Å². The number of hydrogen-bond donors (Lipinski definition) is 0. The normalized spacial score (nSPS) is 12.7. The number of rotatable bonds is 2. The van der Waals surface area contributed by atoms with Gasteiger partial charge in [-0.15, -0.1) is 0 Å². The predicted molar refractivity (Wildman–Crippen MR) is 142 cm³/mol. The zero-order chi connectivity index (χ0) is 23.5. The summed E-state index contributed by atoms with van der Waals surface area (Å²) in [5.74, 6) is 3.45. The molecule has 0 fully saturated rings. The van der Waals surface area contributed by atoms with Gasteiger partial charge in [-0.2, -0.15) is 0 Å². The van der Waals surface area contributed by atoms with Crippen molar-refractivity contribution in [3.63, 3.8) is 0 Å². The second kappa shape index (κ2) is 7.61. The van der Waals surface area contributed by atoms with Crippen LogP contribution in [0.2, 0.25) is 0 Å². The lowest BCUT2D eigenvalue weighted by atomic mass is 9.34. The van der Waals surface area contributed by atoms with E-state index in [2.05, 4.69) is 80.6 Å². The number of aryl methyl sites for hydroxylation is 2. The number of pyridine rings is 1. The Morgan fingerprint density at radius 1 is 0.629 bits per heavy atom. The number of para-hydroxylation sites is 2. The third-order valence-corrected chi connectivity index (χ3v) is 7.15. The van der Waals surface area contributed by atoms with E-state index in [9.17, 15) is 0 Å². The first-order valence-electron chi connectivity index (χ1n) is 11.9. The van der Waals surface area contributed by atoms with E-state index in [4.69, 9.17) is 14.5 Å². The molecule has 3 heterocycles. The molecule has 7 rings (SSSR count). The largest absolute Gasteiger partial charge is 0.458 e. The maximum atomic E-state index is 6.56. The van der Waals surface area contributed by atoms with Gasteiger partial charge in [-0.3, -0.25) is 4.98 Å². The van der Waals surface area contributed by atoms with Crippen LogP contribution in [0.5, 0.6) is 23.0 Å². The summed E-state index contributed by atoms with van der Waals surface area (Å²) < 4.78 is 12.9. The van der Waals surface area contributed by atoms with Crippen LogP contribution in [-0.2, 0) is 0 Å². The fourth-order valence-corrected chi connectivity index (χ4v) is 5.56. The van der Waals surface area contributed by atoms with Crippen molar-refractivity contribution in [3.05, 3.63) is 108 Å². The second-order valence-corrected chi connectivity index (χ2v) is 9.27. The molecular weight excluding hydrogens is 429 g/mol. The third-order valence-electron chi connectivity index (χ3n) is 7.15. The van der Waals surface area contributed by atoms with E-state index < -0.39 is 0 Å². The molecule has 0 saturated heterocycles. The molecule has 0 unspecified atom stereocenters. The Balaban J connectivity index is 1.40. The van der Waals surface area contributed by atoms with Gasteiger partial charge in [0, 0.05) is 22.8 Å². The molecule has 4 heteroatoms. The fourth-order valence-electron chi connectivity index (χ4n) is 5.56. The van der Waals surface area contributed by atoms with Crippen LogP contribution in [-0.4, -0.2) is 11.7 Å². The SMILES string of the molecule is Cc1cccc(C)c1-c1ccc(-c2ccc3c4c2Oc2ccccc2B4c2ccccc2O3)nc1. The molecule has 0 spiro atoms. The van der Waals surface area contributed by atoms with Crippen molar-refractivity contribution >= 4 is 23.1 Å². The summed E-state index contributed by atoms with van der Waals surface area (Å²) in [7, 11) is 0. The molecule has 0 aliphatic carbocycles. The zero-order valence-corrected chi connectivity index (χ0v) is 19.6. The minimum atomic E-state index is 0.0590. The van der Waals surface area contributed by atoms with Gasteiger partial charge in [-0.1, -0.05) is 60.7 Å². The second-order valence-electron chi connectivity index (χ2n) is 9.27. The molecule has 166 valence electrons.